The Labute approximate surface area is 97.0 Å². The van der Waals surface area contributed by atoms with Crippen LogP contribution in [0.5, 0.6) is 5.88 Å². The molecule has 8 heteroatoms. The monoisotopic (exact) mass is 240 g/mol. The Kier molecular flexibility index (Phi) is 4.21. The molecule has 0 radical (unpaired) electrons. The van der Waals surface area contributed by atoms with E-state index in [-0.39, 0.29) is 24.0 Å². The standard InChI is InChI=1S/C9H12N4O4/c1-3-4-10-8(14)6-12-5-7(13(15)16)9(11-12)17-2/h3,5H,1,4,6H2,2H3,(H,10,14). The molecule has 92 valence electrons. The Bertz CT molecular complexity index is 440. The number of carbonyl (C=O) groups excluding carboxylic acids is 1. The molecule has 1 aromatic heterocycles. The average molecular weight is 240 g/mol. The summed E-state index contributed by atoms with van der Waals surface area (Å²) in [5.41, 5.74) is -0.274. The molecule has 17 heavy (non-hydrogen) atoms. The van der Waals surface area contributed by atoms with E-state index in [0.29, 0.717) is 6.54 Å². The first-order valence-corrected chi connectivity index (χ1v) is 4.72. The van der Waals surface area contributed by atoms with E-state index in [1.165, 1.54) is 13.2 Å². The van der Waals surface area contributed by atoms with Crippen molar-refractivity contribution in [3.63, 3.8) is 0 Å². The van der Waals surface area contributed by atoms with Crippen molar-refractivity contribution < 1.29 is 14.5 Å². The van der Waals surface area contributed by atoms with Crippen LogP contribution in [-0.4, -0.2) is 34.3 Å². The van der Waals surface area contributed by atoms with Gasteiger partial charge in [0.2, 0.25) is 5.91 Å². The second-order valence-corrected chi connectivity index (χ2v) is 3.07. The molecular weight excluding hydrogens is 228 g/mol. The topological polar surface area (TPSA) is 99.3 Å². The summed E-state index contributed by atoms with van der Waals surface area (Å²) in [6.45, 7) is 3.67. The second-order valence-electron chi connectivity index (χ2n) is 3.07. The van der Waals surface area contributed by atoms with Crippen molar-refractivity contribution >= 4 is 11.6 Å². The van der Waals surface area contributed by atoms with E-state index in [4.69, 9.17) is 4.74 Å². The minimum Gasteiger partial charge on any atom is -0.475 e. The molecule has 0 spiro atoms. The smallest absolute Gasteiger partial charge is 0.350 e. The van der Waals surface area contributed by atoms with Gasteiger partial charge >= 0.3 is 11.6 Å². The van der Waals surface area contributed by atoms with Gasteiger partial charge in [0.05, 0.1) is 12.0 Å². The SMILES string of the molecule is C=CCNC(=O)Cn1cc([N+](=O)[O-])c(OC)n1. The predicted molar refractivity (Wildman–Crippen MR) is 58.6 cm³/mol. The van der Waals surface area contributed by atoms with Crippen LogP contribution in [-0.2, 0) is 11.3 Å². The number of methoxy groups -OCH3 is 1. The number of ether oxygens (including phenoxy) is 1. The van der Waals surface area contributed by atoms with Gasteiger partial charge in [-0.05, 0) is 0 Å². The fourth-order valence-corrected chi connectivity index (χ4v) is 1.13. The zero-order valence-electron chi connectivity index (χ0n) is 9.25. The summed E-state index contributed by atoms with van der Waals surface area (Å²) in [6.07, 6.45) is 2.68. The lowest BCUT2D eigenvalue weighted by atomic mass is 10.5. The highest BCUT2D eigenvalue weighted by Gasteiger charge is 2.20. The maximum absolute atomic E-state index is 11.3. The molecule has 1 N–H and O–H groups in total. The number of nitrogens with zero attached hydrogens (tertiary/aromatic N) is 3. The molecule has 0 unspecified atom stereocenters. The van der Waals surface area contributed by atoms with Crippen molar-refractivity contribution in [2.24, 2.45) is 0 Å². The van der Waals surface area contributed by atoms with Crippen molar-refractivity contribution in [2.45, 2.75) is 6.54 Å². The Morgan fingerprint density at radius 3 is 3.00 bits per heavy atom. The van der Waals surface area contributed by atoms with E-state index >= 15 is 0 Å². The molecule has 1 amide bonds. The van der Waals surface area contributed by atoms with Crippen LogP contribution >= 0.6 is 0 Å². The number of hydrogen-bond acceptors (Lipinski definition) is 5. The first-order valence-electron chi connectivity index (χ1n) is 4.72. The molecule has 1 heterocycles. The van der Waals surface area contributed by atoms with Crippen LogP contribution in [0.25, 0.3) is 0 Å². The summed E-state index contributed by atoms with van der Waals surface area (Å²) in [5.74, 6) is -0.434. The highest BCUT2D eigenvalue weighted by molar-refractivity contribution is 5.75. The number of carbonyl (C=O) groups is 1. The fourth-order valence-electron chi connectivity index (χ4n) is 1.13. The molecule has 1 rings (SSSR count). The lowest BCUT2D eigenvalue weighted by Crippen LogP contribution is -2.27. The van der Waals surface area contributed by atoms with Gasteiger partial charge in [-0.15, -0.1) is 11.7 Å². The van der Waals surface area contributed by atoms with E-state index in [0.717, 1.165) is 10.9 Å². The number of amides is 1. The molecule has 0 aliphatic carbocycles. The van der Waals surface area contributed by atoms with Crippen LogP contribution in [0.2, 0.25) is 0 Å². The largest absolute Gasteiger partial charge is 0.475 e. The summed E-state index contributed by atoms with van der Waals surface area (Å²) in [5, 5.41) is 16.9. The molecule has 0 aliphatic rings. The first kappa shape index (κ1) is 12.7. The summed E-state index contributed by atoms with van der Waals surface area (Å²) in [7, 11) is 1.28. The zero-order valence-corrected chi connectivity index (χ0v) is 9.25. The van der Waals surface area contributed by atoms with Gasteiger partial charge in [0.1, 0.15) is 12.7 Å². The molecule has 0 aromatic carbocycles. The summed E-state index contributed by atoms with van der Waals surface area (Å²) in [4.78, 5) is 21.3. The van der Waals surface area contributed by atoms with Crippen molar-refractivity contribution in [1.29, 1.82) is 0 Å². The first-order chi connectivity index (χ1) is 8.08. The minimum absolute atomic E-state index is 0.113. The molecule has 8 nitrogen and oxygen atoms in total. The van der Waals surface area contributed by atoms with Crippen LogP contribution in [0.3, 0.4) is 0 Å². The molecule has 0 bridgehead atoms. The maximum Gasteiger partial charge on any atom is 0.350 e. The zero-order chi connectivity index (χ0) is 12.8. The average Bonchev–Trinajstić information content (AvgIpc) is 2.69. The van der Waals surface area contributed by atoms with Crippen molar-refractivity contribution in [3.05, 3.63) is 29.0 Å². The fraction of sp³-hybridized carbons (Fsp3) is 0.333. The van der Waals surface area contributed by atoms with E-state index in [9.17, 15) is 14.9 Å². The lowest BCUT2D eigenvalue weighted by molar-refractivity contribution is -0.385. The van der Waals surface area contributed by atoms with Gasteiger partial charge in [-0.3, -0.25) is 19.6 Å². The lowest BCUT2D eigenvalue weighted by Gasteiger charge is -2.01. The van der Waals surface area contributed by atoms with E-state index in [1.54, 1.807) is 0 Å². The van der Waals surface area contributed by atoms with Gasteiger partial charge in [-0.25, -0.2) is 0 Å². The van der Waals surface area contributed by atoms with Crippen molar-refractivity contribution in [1.82, 2.24) is 15.1 Å². The van der Waals surface area contributed by atoms with E-state index < -0.39 is 4.92 Å². The predicted octanol–water partition coefficient (Wildman–Crippen LogP) is 0.102. The summed E-state index contributed by atoms with van der Waals surface area (Å²) < 4.78 is 5.88. The van der Waals surface area contributed by atoms with Crippen LogP contribution in [0.1, 0.15) is 0 Å². The third kappa shape index (κ3) is 3.30. The number of nitrogens with one attached hydrogen (secondary N) is 1. The molecule has 0 saturated carbocycles. The van der Waals surface area contributed by atoms with Crippen molar-refractivity contribution in [3.8, 4) is 5.88 Å². The Morgan fingerprint density at radius 2 is 2.53 bits per heavy atom. The molecule has 0 atom stereocenters. The quantitative estimate of drug-likeness (QED) is 0.432. The number of hydrogen-bond donors (Lipinski definition) is 1. The molecule has 0 fully saturated rings. The summed E-state index contributed by atoms with van der Waals surface area (Å²) >= 11 is 0. The molecular formula is C9H12N4O4. The molecule has 0 aliphatic heterocycles. The minimum atomic E-state index is -0.621. The van der Waals surface area contributed by atoms with Gasteiger partial charge in [0.15, 0.2) is 0 Å². The van der Waals surface area contributed by atoms with Gasteiger partial charge in [0.25, 0.3) is 0 Å². The van der Waals surface area contributed by atoms with Gasteiger partial charge < -0.3 is 10.1 Å². The number of nitro groups is 1. The van der Waals surface area contributed by atoms with Crippen LogP contribution in [0.15, 0.2) is 18.9 Å². The van der Waals surface area contributed by atoms with Crippen LogP contribution in [0, 0.1) is 10.1 Å². The summed E-state index contributed by atoms with van der Waals surface area (Å²) in [6, 6.07) is 0. The number of aromatic nitrogens is 2. The molecule has 0 saturated heterocycles. The van der Waals surface area contributed by atoms with E-state index in [2.05, 4.69) is 17.0 Å². The van der Waals surface area contributed by atoms with Gasteiger partial charge in [-0.2, -0.15) is 0 Å². The second kappa shape index (κ2) is 5.64. The normalized spacial score (nSPS) is 9.71. The van der Waals surface area contributed by atoms with Crippen molar-refractivity contribution in [2.75, 3.05) is 13.7 Å². The van der Waals surface area contributed by atoms with Gasteiger partial charge in [-0.1, -0.05) is 6.08 Å². The third-order valence-corrected chi connectivity index (χ3v) is 1.85. The van der Waals surface area contributed by atoms with Gasteiger partial charge in [0, 0.05) is 6.54 Å². The van der Waals surface area contributed by atoms with E-state index in [1.807, 2.05) is 0 Å². The maximum atomic E-state index is 11.3. The van der Waals surface area contributed by atoms with Crippen LogP contribution < -0.4 is 10.1 Å². The third-order valence-electron chi connectivity index (χ3n) is 1.85. The Hall–Kier alpha value is -2.38. The Balaban J connectivity index is 2.75. The highest BCUT2D eigenvalue weighted by Crippen LogP contribution is 2.23. The molecule has 1 aromatic rings. The number of rotatable bonds is 6. The van der Waals surface area contributed by atoms with Crippen LogP contribution in [0.4, 0.5) is 5.69 Å². The Morgan fingerprint density at radius 1 is 1.82 bits per heavy atom. The highest BCUT2D eigenvalue weighted by atomic mass is 16.6.